The third-order valence-corrected chi connectivity index (χ3v) is 4.39. The monoisotopic (exact) mass is 360 g/mol. The van der Waals surface area contributed by atoms with Crippen molar-refractivity contribution >= 4 is 17.4 Å². The normalized spacial score (nSPS) is 10.5. The molecule has 0 spiro atoms. The number of aryl methyl sites for hydroxylation is 3. The van der Waals surface area contributed by atoms with Gasteiger partial charge in [0.05, 0.1) is 0 Å². The van der Waals surface area contributed by atoms with Gasteiger partial charge in [-0.05, 0) is 56.0 Å². The van der Waals surface area contributed by atoms with Crippen molar-refractivity contribution in [3.63, 3.8) is 0 Å². The Morgan fingerprint density at radius 3 is 2.44 bits per heavy atom. The van der Waals surface area contributed by atoms with E-state index < -0.39 is 0 Å². The minimum absolute atomic E-state index is 0.195. The molecule has 1 heterocycles. The average Bonchev–Trinajstić information content (AvgIpc) is 2.65. The van der Waals surface area contributed by atoms with Crippen LogP contribution < -0.4 is 10.6 Å². The van der Waals surface area contributed by atoms with Gasteiger partial charge in [-0.2, -0.15) is 0 Å². The molecule has 0 saturated carbocycles. The number of amides is 1. The van der Waals surface area contributed by atoms with Crippen LogP contribution in [-0.4, -0.2) is 22.4 Å². The molecule has 0 aliphatic rings. The molecule has 0 atom stereocenters. The maximum absolute atomic E-state index is 12.5. The topological polar surface area (TPSA) is 66.9 Å². The molecule has 5 heteroatoms. The van der Waals surface area contributed by atoms with Crippen LogP contribution in [0.25, 0.3) is 0 Å². The minimum Gasteiger partial charge on any atom is -0.350 e. The number of benzene rings is 2. The summed E-state index contributed by atoms with van der Waals surface area (Å²) < 4.78 is 0. The van der Waals surface area contributed by atoms with Crippen LogP contribution in [0.2, 0.25) is 0 Å². The fraction of sp³-hybridized carbons (Fsp3) is 0.227. The van der Waals surface area contributed by atoms with E-state index in [1.54, 1.807) is 13.0 Å². The lowest BCUT2D eigenvalue weighted by atomic mass is 10.1. The number of anilines is 2. The molecule has 0 aliphatic heterocycles. The summed E-state index contributed by atoms with van der Waals surface area (Å²) in [6, 6.07) is 17.9. The van der Waals surface area contributed by atoms with E-state index in [1.807, 2.05) is 36.4 Å². The first kappa shape index (κ1) is 18.6. The van der Waals surface area contributed by atoms with Crippen LogP contribution in [0.15, 0.2) is 54.6 Å². The molecule has 0 saturated heterocycles. The molecular formula is C22H24N4O. The van der Waals surface area contributed by atoms with Gasteiger partial charge in [0.15, 0.2) is 0 Å². The Morgan fingerprint density at radius 2 is 1.70 bits per heavy atom. The van der Waals surface area contributed by atoms with E-state index in [0.717, 1.165) is 12.1 Å². The van der Waals surface area contributed by atoms with E-state index in [-0.39, 0.29) is 5.91 Å². The maximum Gasteiger partial charge on any atom is 0.270 e. The molecule has 27 heavy (non-hydrogen) atoms. The van der Waals surface area contributed by atoms with Gasteiger partial charge in [0, 0.05) is 18.3 Å². The zero-order chi connectivity index (χ0) is 19.2. The van der Waals surface area contributed by atoms with E-state index >= 15 is 0 Å². The van der Waals surface area contributed by atoms with Crippen molar-refractivity contribution in [2.45, 2.75) is 27.2 Å². The Bertz CT molecular complexity index is 938. The zero-order valence-corrected chi connectivity index (χ0v) is 15.9. The second kappa shape index (κ2) is 8.45. The highest BCUT2D eigenvalue weighted by molar-refractivity contribution is 5.93. The fourth-order valence-corrected chi connectivity index (χ4v) is 2.77. The number of rotatable bonds is 6. The second-order valence-corrected chi connectivity index (χ2v) is 6.60. The van der Waals surface area contributed by atoms with Crippen molar-refractivity contribution < 1.29 is 4.79 Å². The Labute approximate surface area is 159 Å². The molecule has 5 nitrogen and oxygen atoms in total. The first-order valence-corrected chi connectivity index (χ1v) is 9.03. The Kier molecular flexibility index (Phi) is 5.81. The fourth-order valence-electron chi connectivity index (χ4n) is 2.77. The number of hydrogen-bond donors (Lipinski definition) is 2. The third kappa shape index (κ3) is 5.14. The predicted octanol–water partition coefficient (Wildman–Crippen LogP) is 4.12. The molecule has 1 amide bonds. The molecule has 3 rings (SSSR count). The van der Waals surface area contributed by atoms with Crippen LogP contribution in [0.1, 0.15) is 33.0 Å². The standard InChI is InChI=1S/C22H24N4O/c1-15-9-10-19(13-16(15)2)26-21-14-20(24-17(3)25-21)22(27)23-12-11-18-7-5-4-6-8-18/h4-10,13-14H,11-12H2,1-3H3,(H,23,27)(H,24,25,26). The van der Waals surface area contributed by atoms with Gasteiger partial charge in [-0.25, -0.2) is 9.97 Å². The lowest BCUT2D eigenvalue weighted by molar-refractivity contribution is 0.0949. The van der Waals surface area contributed by atoms with Crippen molar-refractivity contribution in [1.82, 2.24) is 15.3 Å². The maximum atomic E-state index is 12.5. The van der Waals surface area contributed by atoms with Gasteiger partial charge in [0.2, 0.25) is 0 Å². The van der Waals surface area contributed by atoms with Crippen LogP contribution in [-0.2, 0) is 6.42 Å². The Morgan fingerprint density at radius 1 is 0.926 bits per heavy atom. The molecule has 0 radical (unpaired) electrons. The molecule has 0 bridgehead atoms. The van der Waals surface area contributed by atoms with Gasteiger partial charge in [-0.3, -0.25) is 4.79 Å². The van der Waals surface area contributed by atoms with E-state index in [9.17, 15) is 4.79 Å². The average molecular weight is 360 g/mol. The summed E-state index contributed by atoms with van der Waals surface area (Å²) in [5, 5.41) is 6.18. The van der Waals surface area contributed by atoms with E-state index in [0.29, 0.717) is 23.9 Å². The van der Waals surface area contributed by atoms with Crippen LogP contribution in [0.3, 0.4) is 0 Å². The van der Waals surface area contributed by atoms with E-state index in [4.69, 9.17) is 0 Å². The third-order valence-electron chi connectivity index (χ3n) is 4.39. The Balaban J connectivity index is 1.66. The second-order valence-electron chi connectivity index (χ2n) is 6.60. The number of aromatic nitrogens is 2. The van der Waals surface area contributed by atoms with E-state index in [1.165, 1.54) is 16.7 Å². The number of nitrogens with zero attached hydrogens (tertiary/aromatic N) is 2. The SMILES string of the molecule is Cc1nc(Nc2ccc(C)c(C)c2)cc(C(=O)NCCc2ccccc2)n1. The highest BCUT2D eigenvalue weighted by atomic mass is 16.1. The lowest BCUT2D eigenvalue weighted by Gasteiger charge is -2.10. The van der Waals surface area contributed by atoms with Crippen molar-refractivity contribution in [2.24, 2.45) is 0 Å². The van der Waals surface area contributed by atoms with Gasteiger partial charge in [0.25, 0.3) is 5.91 Å². The zero-order valence-electron chi connectivity index (χ0n) is 15.9. The number of carbonyl (C=O) groups is 1. The summed E-state index contributed by atoms with van der Waals surface area (Å²) in [6.07, 6.45) is 0.782. The largest absolute Gasteiger partial charge is 0.350 e. The van der Waals surface area contributed by atoms with Gasteiger partial charge < -0.3 is 10.6 Å². The quantitative estimate of drug-likeness (QED) is 0.694. The Hall–Kier alpha value is -3.21. The molecule has 0 fully saturated rings. The van der Waals surface area contributed by atoms with Crippen LogP contribution in [0.4, 0.5) is 11.5 Å². The molecule has 2 aromatic carbocycles. The molecule has 1 aromatic heterocycles. The van der Waals surface area contributed by atoms with Gasteiger partial charge in [-0.1, -0.05) is 36.4 Å². The predicted molar refractivity (Wildman–Crippen MR) is 108 cm³/mol. The lowest BCUT2D eigenvalue weighted by Crippen LogP contribution is -2.27. The van der Waals surface area contributed by atoms with Crippen LogP contribution >= 0.6 is 0 Å². The van der Waals surface area contributed by atoms with Crippen LogP contribution in [0, 0.1) is 20.8 Å². The highest BCUT2D eigenvalue weighted by Crippen LogP contribution is 2.19. The van der Waals surface area contributed by atoms with Gasteiger partial charge in [-0.15, -0.1) is 0 Å². The number of carbonyl (C=O) groups excluding carboxylic acids is 1. The first-order chi connectivity index (χ1) is 13.0. The highest BCUT2D eigenvalue weighted by Gasteiger charge is 2.10. The summed E-state index contributed by atoms with van der Waals surface area (Å²) in [5.41, 5.74) is 4.92. The minimum atomic E-state index is -0.195. The summed E-state index contributed by atoms with van der Waals surface area (Å²) in [7, 11) is 0. The van der Waals surface area contributed by atoms with Crippen molar-refractivity contribution in [3.05, 3.63) is 82.8 Å². The number of nitrogens with one attached hydrogen (secondary N) is 2. The van der Waals surface area contributed by atoms with Crippen LogP contribution in [0.5, 0.6) is 0 Å². The van der Waals surface area contributed by atoms with Gasteiger partial charge >= 0.3 is 0 Å². The molecular weight excluding hydrogens is 336 g/mol. The smallest absolute Gasteiger partial charge is 0.270 e. The summed E-state index contributed by atoms with van der Waals surface area (Å²) >= 11 is 0. The summed E-state index contributed by atoms with van der Waals surface area (Å²) in [5.74, 6) is 0.968. The van der Waals surface area contributed by atoms with E-state index in [2.05, 4.69) is 46.6 Å². The summed E-state index contributed by atoms with van der Waals surface area (Å²) in [4.78, 5) is 21.1. The summed E-state index contributed by atoms with van der Waals surface area (Å²) in [6.45, 7) is 6.49. The molecule has 2 N–H and O–H groups in total. The van der Waals surface area contributed by atoms with Gasteiger partial charge in [0.1, 0.15) is 17.3 Å². The molecule has 138 valence electrons. The van der Waals surface area contributed by atoms with Crippen molar-refractivity contribution in [3.8, 4) is 0 Å². The molecule has 3 aromatic rings. The molecule has 0 aliphatic carbocycles. The number of hydrogen-bond acceptors (Lipinski definition) is 4. The van der Waals surface area contributed by atoms with Crippen molar-refractivity contribution in [2.75, 3.05) is 11.9 Å². The first-order valence-electron chi connectivity index (χ1n) is 9.03. The van der Waals surface area contributed by atoms with Crippen molar-refractivity contribution in [1.29, 1.82) is 0 Å². The molecule has 0 unspecified atom stereocenters.